The van der Waals surface area contributed by atoms with Gasteiger partial charge in [0.25, 0.3) is 5.91 Å². The predicted molar refractivity (Wildman–Crippen MR) is 92.7 cm³/mol. The first-order valence-electron chi connectivity index (χ1n) is 7.37. The molecule has 1 atom stereocenters. The summed E-state index contributed by atoms with van der Waals surface area (Å²) in [5, 5.41) is 0.351. The minimum Gasteiger partial charge on any atom is -0.468 e. The first-order chi connectivity index (χ1) is 10.8. The Labute approximate surface area is 139 Å². The fourth-order valence-electron chi connectivity index (χ4n) is 2.67. The van der Waals surface area contributed by atoms with E-state index in [1.54, 1.807) is 18.0 Å². The molecule has 3 rings (SSSR count). The van der Waals surface area contributed by atoms with Crippen molar-refractivity contribution in [1.29, 1.82) is 0 Å². The summed E-state index contributed by atoms with van der Waals surface area (Å²) >= 11 is 3.50. The highest BCUT2D eigenvalue weighted by Crippen LogP contribution is 2.35. The van der Waals surface area contributed by atoms with Crippen LogP contribution in [0.2, 0.25) is 0 Å². The monoisotopic (exact) mass is 333 g/mol. The van der Waals surface area contributed by atoms with E-state index >= 15 is 0 Å². The maximum atomic E-state index is 12.8. The highest BCUT2D eigenvalue weighted by atomic mass is 32.2. The van der Waals surface area contributed by atoms with Crippen molar-refractivity contribution in [3.8, 4) is 0 Å². The van der Waals surface area contributed by atoms with Crippen molar-refractivity contribution in [2.45, 2.75) is 16.6 Å². The molecule has 22 heavy (non-hydrogen) atoms. The van der Waals surface area contributed by atoms with Gasteiger partial charge < -0.3 is 9.32 Å². The highest BCUT2D eigenvalue weighted by Gasteiger charge is 2.25. The molecule has 0 radical (unpaired) electrons. The lowest BCUT2D eigenvalue weighted by atomic mass is 10.1. The maximum absolute atomic E-state index is 12.8. The molecule has 0 N–H and O–H groups in total. The largest absolute Gasteiger partial charge is 0.468 e. The van der Waals surface area contributed by atoms with E-state index in [9.17, 15) is 4.79 Å². The van der Waals surface area contributed by atoms with Gasteiger partial charge in [-0.2, -0.15) is 0 Å². The Kier molecular flexibility index (Phi) is 5.16. The Morgan fingerprint density at radius 3 is 2.91 bits per heavy atom. The lowest BCUT2D eigenvalue weighted by Gasteiger charge is -2.21. The van der Waals surface area contributed by atoms with Crippen LogP contribution in [0.5, 0.6) is 0 Å². The van der Waals surface area contributed by atoms with E-state index in [0.29, 0.717) is 5.25 Å². The van der Waals surface area contributed by atoms with Gasteiger partial charge in [0.05, 0.1) is 17.1 Å². The molecule has 1 fully saturated rings. The predicted octanol–water partition coefficient (Wildman–Crippen LogP) is 4.32. The Bertz CT molecular complexity index is 627. The Hall–Kier alpha value is -1.33. The number of rotatable bonds is 3. The zero-order valence-corrected chi connectivity index (χ0v) is 14.2. The molecular weight excluding hydrogens is 314 g/mol. The van der Waals surface area contributed by atoms with Crippen molar-refractivity contribution >= 4 is 29.4 Å². The zero-order chi connectivity index (χ0) is 15.4. The topological polar surface area (TPSA) is 33.5 Å². The Balaban J connectivity index is 1.71. The summed E-state index contributed by atoms with van der Waals surface area (Å²) in [6, 6.07) is 11.8. The molecule has 1 amide bonds. The molecule has 0 bridgehead atoms. The van der Waals surface area contributed by atoms with Gasteiger partial charge in [-0.15, -0.1) is 23.5 Å². The van der Waals surface area contributed by atoms with E-state index < -0.39 is 0 Å². The third-order valence-electron chi connectivity index (χ3n) is 3.83. The van der Waals surface area contributed by atoms with Crippen molar-refractivity contribution in [1.82, 2.24) is 4.90 Å². The lowest BCUT2D eigenvalue weighted by molar-refractivity contribution is 0.0762. The summed E-state index contributed by atoms with van der Waals surface area (Å²) in [5.41, 5.74) is 0.816. The first-order valence-corrected chi connectivity index (χ1v) is 9.64. The average molecular weight is 333 g/mol. The molecule has 116 valence electrons. The second-order valence-electron chi connectivity index (χ2n) is 5.16. The van der Waals surface area contributed by atoms with Crippen LogP contribution in [0.15, 0.2) is 52.0 Å². The summed E-state index contributed by atoms with van der Waals surface area (Å²) in [7, 11) is 0. The third-order valence-corrected chi connectivity index (χ3v) is 5.91. The number of benzene rings is 1. The molecule has 2 heterocycles. The molecule has 1 aromatic heterocycles. The maximum Gasteiger partial charge on any atom is 0.255 e. The standard InChI is InChI=1S/C17H19NO2S2/c1-21-15-7-3-2-5-13(15)17(19)18-9-8-16(22-12-10-18)14-6-4-11-20-14/h2-7,11,16H,8-10,12H2,1H3. The molecule has 1 unspecified atom stereocenters. The number of amides is 1. The van der Waals surface area contributed by atoms with Crippen molar-refractivity contribution < 1.29 is 9.21 Å². The molecule has 0 saturated carbocycles. The number of carbonyl (C=O) groups excluding carboxylic acids is 1. The molecular formula is C17H19NO2S2. The van der Waals surface area contributed by atoms with Gasteiger partial charge in [-0.05, 0) is 36.9 Å². The average Bonchev–Trinajstić information content (AvgIpc) is 2.99. The van der Waals surface area contributed by atoms with Crippen molar-refractivity contribution in [3.63, 3.8) is 0 Å². The van der Waals surface area contributed by atoms with Gasteiger partial charge in [0.2, 0.25) is 0 Å². The SMILES string of the molecule is CSc1ccccc1C(=O)N1CCSC(c2ccco2)CC1. The van der Waals surface area contributed by atoms with Crippen LogP contribution >= 0.6 is 23.5 Å². The number of furan rings is 1. The van der Waals surface area contributed by atoms with Crippen molar-refractivity contribution in [2.75, 3.05) is 25.1 Å². The fraction of sp³-hybridized carbons (Fsp3) is 0.353. The van der Waals surface area contributed by atoms with E-state index in [0.717, 1.165) is 41.5 Å². The van der Waals surface area contributed by atoms with Gasteiger partial charge in [0.1, 0.15) is 5.76 Å². The normalized spacial score (nSPS) is 19.0. The van der Waals surface area contributed by atoms with E-state index in [1.807, 2.05) is 59.3 Å². The molecule has 0 spiro atoms. The van der Waals surface area contributed by atoms with Crippen LogP contribution in [-0.4, -0.2) is 35.9 Å². The van der Waals surface area contributed by atoms with Crippen LogP contribution in [0, 0.1) is 0 Å². The smallest absolute Gasteiger partial charge is 0.255 e. The molecule has 1 aliphatic heterocycles. The second kappa shape index (κ2) is 7.29. The minimum atomic E-state index is 0.144. The van der Waals surface area contributed by atoms with E-state index in [1.165, 1.54) is 0 Å². The summed E-state index contributed by atoms with van der Waals surface area (Å²) in [5.74, 6) is 2.10. The molecule has 2 aromatic rings. The van der Waals surface area contributed by atoms with Crippen LogP contribution < -0.4 is 0 Å². The quantitative estimate of drug-likeness (QED) is 0.783. The number of nitrogens with zero attached hydrogens (tertiary/aromatic N) is 1. The Morgan fingerprint density at radius 2 is 2.14 bits per heavy atom. The number of hydrogen-bond donors (Lipinski definition) is 0. The summed E-state index contributed by atoms with van der Waals surface area (Å²) in [6.45, 7) is 1.57. The van der Waals surface area contributed by atoms with Crippen LogP contribution in [0.1, 0.15) is 27.8 Å². The van der Waals surface area contributed by atoms with Gasteiger partial charge >= 0.3 is 0 Å². The van der Waals surface area contributed by atoms with E-state index in [-0.39, 0.29) is 5.91 Å². The molecule has 3 nitrogen and oxygen atoms in total. The summed E-state index contributed by atoms with van der Waals surface area (Å²) in [6.07, 6.45) is 4.67. The zero-order valence-electron chi connectivity index (χ0n) is 12.5. The molecule has 1 saturated heterocycles. The van der Waals surface area contributed by atoms with Crippen LogP contribution in [0.25, 0.3) is 0 Å². The van der Waals surface area contributed by atoms with E-state index in [2.05, 4.69) is 0 Å². The fourth-order valence-corrected chi connectivity index (χ4v) is 4.44. The van der Waals surface area contributed by atoms with Crippen LogP contribution in [-0.2, 0) is 0 Å². The highest BCUT2D eigenvalue weighted by molar-refractivity contribution is 7.99. The molecule has 5 heteroatoms. The van der Waals surface area contributed by atoms with Gasteiger partial charge in [-0.1, -0.05) is 12.1 Å². The van der Waals surface area contributed by atoms with Gasteiger partial charge in [-0.3, -0.25) is 4.79 Å². The molecule has 1 aromatic carbocycles. The number of carbonyl (C=O) groups is 1. The van der Waals surface area contributed by atoms with E-state index in [4.69, 9.17) is 4.42 Å². The molecule has 1 aliphatic rings. The minimum absolute atomic E-state index is 0.144. The van der Waals surface area contributed by atoms with Crippen LogP contribution in [0.4, 0.5) is 0 Å². The van der Waals surface area contributed by atoms with Crippen molar-refractivity contribution in [2.24, 2.45) is 0 Å². The van der Waals surface area contributed by atoms with Crippen molar-refractivity contribution in [3.05, 3.63) is 54.0 Å². The number of thioether (sulfide) groups is 2. The molecule has 0 aliphatic carbocycles. The van der Waals surface area contributed by atoms with Gasteiger partial charge in [0, 0.05) is 23.7 Å². The van der Waals surface area contributed by atoms with Gasteiger partial charge in [-0.25, -0.2) is 0 Å². The summed E-state index contributed by atoms with van der Waals surface area (Å²) < 4.78 is 5.52. The van der Waals surface area contributed by atoms with Crippen LogP contribution in [0.3, 0.4) is 0 Å². The Morgan fingerprint density at radius 1 is 1.27 bits per heavy atom. The lowest BCUT2D eigenvalue weighted by Crippen LogP contribution is -2.33. The summed E-state index contributed by atoms with van der Waals surface area (Å²) in [4.78, 5) is 15.8. The van der Waals surface area contributed by atoms with Gasteiger partial charge in [0.15, 0.2) is 0 Å². The third kappa shape index (κ3) is 3.36. The number of hydrogen-bond acceptors (Lipinski definition) is 4. The first kappa shape index (κ1) is 15.6. The second-order valence-corrected chi connectivity index (χ2v) is 7.31.